The molecule has 6 nitrogen and oxygen atoms in total. The number of nitrogens with one attached hydrogen (secondary N) is 1. The van der Waals surface area contributed by atoms with Crippen LogP contribution < -0.4 is 0 Å². The van der Waals surface area contributed by atoms with Crippen molar-refractivity contribution in [1.82, 2.24) is 20.2 Å². The largest absolute Gasteiger partial charge is 0.502 e. The van der Waals surface area contributed by atoms with E-state index in [9.17, 15) is 0 Å². The van der Waals surface area contributed by atoms with Gasteiger partial charge in [-0.15, -0.1) is 5.10 Å². The fraction of sp³-hybridized carbons (Fsp3) is 0.125. The molecule has 2 rings (SSSR count). The van der Waals surface area contributed by atoms with Gasteiger partial charge < -0.3 is 10.2 Å². The molecule has 3 N–H and O–H groups in total. The average molecular weight is 194 g/mol. The molecule has 0 amide bonds. The Balaban J connectivity index is 0.000000146. The average Bonchev–Trinajstić information content (AvgIpc) is 2.53. The minimum atomic E-state index is -0.345. The van der Waals surface area contributed by atoms with Crippen LogP contribution >= 0.6 is 0 Å². The smallest absolute Gasteiger partial charge is 0.273 e. The lowest BCUT2D eigenvalue weighted by molar-refractivity contribution is 0.393. The molecule has 0 aliphatic heterocycles. The number of aromatic hydroxyl groups is 2. The van der Waals surface area contributed by atoms with Crippen LogP contribution in [0.3, 0.4) is 0 Å². The van der Waals surface area contributed by atoms with Crippen molar-refractivity contribution in [3.63, 3.8) is 0 Å². The van der Waals surface area contributed by atoms with Gasteiger partial charge in [-0.3, -0.25) is 5.10 Å². The summed E-state index contributed by atoms with van der Waals surface area (Å²) in [5, 5.41) is 22.9. The van der Waals surface area contributed by atoms with Gasteiger partial charge in [-0.05, 0) is 13.0 Å². The molecule has 2 aromatic heterocycles. The van der Waals surface area contributed by atoms with Crippen LogP contribution in [0.4, 0.5) is 0 Å². The van der Waals surface area contributed by atoms with Gasteiger partial charge in [-0.2, -0.15) is 0 Å². The van der Waals surface area contributed by atoms with Crippen LogP contribution in [-0.2, 0) is 0 Å². The number of H-pyrrole nitrogens is 1. The van der Waals surface area contributed by atoms with Crippen LogP contribution in [0.1, 0.15) is 5.69 Å². The Morgan fingerprint density at radius 1 is 1.21 bits per heavy atom. The van der Waals surface area contributed by atoms with Crippen molar-refractivity contribution in [3.05, 3.63) is 30.5 Å². The fourth-order valence-corrected chi connectivity index (χ4v) is 0.664. The second-order valence-electron chi connectivity index (χ2n) is 2.43. The summed E-state index contributed by atoms with van der Waals surface area (Å²) in [7, 11) is 0. The molecule has 2 aromatic rings. The Kier molecular flexibility index (Phi) is 3.42. The zero-order chi connectivity index (χ0) is 10.4. The van der Waals surface area contributed by atoms with Crippen LogP contribution in [0, 0.1) is 6.92 Å². The molecule has 0 saturated carbocycles. The standard InChI is InChI=1S/C4H6N2O2.C4H4N2/c1-2-3(7)4(8)6-5-2;1-2-5-4-6-3-1/h7H,1H3,(H2,5,6,8);1-4H. The topological polar surface area (TPSA) is 94.9 Å². The summed E-state index contributed by atoms with van der Waals surface area (Å²) in [5.74, 6) is -0.521. The van der Waals surface area contributed by atoms with Gasteiger partial charge in [0, 0.05) is 12.4 Å². The van der Waals surface area contributed by atoms with Crippen molar-refractivity contribution in [2.45, 2.75) is 6.92 Å². The predicted molar refractivity (Wildman–Crippen MR) is 48.7 cm³/mol. The lowest BCUT2D eigenvalue weighted by Gasteiger charge is -1.82. The zero-order valence-electron chi connectivity index (χ0n) is 7.55. The highest BCUT2D eigenvalue weighted by Crippen LogP contribution is 2.23. The lowest BCUT2D eigenvalue weighted by Crippen LogP contribution is -1.67. The normalized spacial score (nSPS) is 8.93. The maximum absolute atomic E-state index is 8.70. The first-order valence-electron chi connectivity index (χ1n) is 3.84. The van der Waals surface area contributed by atoms with E-state index in [1.807, 2.05) is 0 Å². The molecule has 0 aliphatic rings. The summed E-state index contributed by atoms with van der Waals surface area (Å²) in [4.78, 5) is 7.35. The van der Waals surface area contributed by atoms with E-state index < -0.39 is 0 Å². The Hall–Kier alpha value is -2.11. The number of aromatic amines is 1. The summed E-state index contributed by atoms with van der Waals surface area (Å²) in [5.41, 5.74) is 0.475. The van der Waals surface area contributed by atoms with Gasteiger partial charge >= 0.3 is 0 Å². The molecule has 0 aliphatic carbocycles. The van der Waals surface area contributed by atoms with Gasteiger partial charge in [0.25, 0.3) is 5.88 Å². The second-order valence-corrected chi connectivity index (χ2v) is 2.43. The Bertz CT molecular complexity index is 328. The molecule has 6 heteroatoms. The Morgan fingerprint density at radius 3 is 2.00 bits per heavy atom. The van der Waals surface area contributed by atoms with Crippen LogP contribution in [0.5, 0.6) is 11.6 Å². The van der Waals surface area contributed by atoms with E-state index in [4.69, 9.17) is 10.2 Å². The summed E-state index contributed by atoms with van der Waals surface area (Å²) >= 11 is 0. The predicted octanol–water partition coefficient (Wildman–Crippen LogP) is 0.606. The van der Waals surface area contributed by atoms with Crippen LogP contribution in [0.25, 0.3) is 0 Å². The lowest BCUT2D eigenvalue weighted by atomic mass is 10.4. The van der Waals surface area contributed by atoms with Gasteiger partial charge in [0.2, 0.25) is 5.75 Å². The number of rotatable bonds is 0. The van der Waals surface area contributed by atoms with Gasteiger partial charge in [-0.25, -0.2) is 9.97 Å². The number of nitrogens with zero attached hydrogens (tertiary/aromatic N) is 3. The molecule has 0 unspecified atom stereocenters. The van der Waals surface area contributed by atoms with Crippen molar-refractivity contribution in [2.24, 2.45) is 0 Å². The number of hydrogen-bond acceptors (Lipinski definition) is 5. The first-order valence-corrected chi connectivity index (χ1v) is 3.84. The molecule has 74 valence electrons. The summed E-state index contributed by atoms with van der Waals surface area (Å²) < 4.78 is 0. The Morgan fingerprint density at radius 2 is 1.86 bits per heavy atom. The first kappa shape index (κ1) is 9.97. The third kappa shape index (κ3) is 2.74. The minimum Gasteiger partial charge on any atom is -0.502 e. The SMILES string of the molecule is Cc1[nH]nc(O)c1O.c1cncnc1. The maximum Gasteiger partial charge on any atom is 0.273 e. The first-order chi connectivity index (χ1) is 6.72. The van der Waals surface area contributed by atoms with Gasteiger partial charge in [-0.1, -0.05) is 0 Å². The third-order valence-electron chi connectivity index (χ3n) is 1.37. The quantitative estimate of drug-likeness (QED) is 0.571. The number of hydrogen-bond donors (Lipinski definition) is 3. The van der Waals surface area contributed by atoms with Crippen molar-refractivity contribution < 1.29 is 10.2 Å². The monoisotopic (exact) mass is 194 g/mol. The van der Waals surface area contributed by atoms with Crippen LogP contribution in [-0.4, -0.2) is 30.4 Å². The molecule has 0 atom stereocenters. The summed E-state index contributed by atoms with van der Waals surface area (Å²) in [6, 6.07) is 1.78. The second kappa shape index (κ2) is 4.80. The zero-order valence-corrected chi connectivity index (χ0v) is 7.55. The number of aromatic nitrogens is 4. The van der Waals surface area contributed by atoms with E-state index in [1.54, 1.807) is 25.4 Å². The van der Waals surface area contributed by atoms with Gasteiger partial charge in [0.05, 0.1) is 5.69 Å². The molecule has 0 spiro atoms. The van der Waals surface area contributed by atoms with Gasteiger partial charge in [0.1, 0.15) is 6.33 Å². The molecular formula is C8H10N4O2. The summed E-state index contributed by atoms with van der Waals surface area (Å²) in [6.07, 6.45) is 4.88. The van der Waals surface area contributed by atoms with E-state index in [0.29, 0.717) is 5.69 Å². The number of aryl methyl sites for hydroxylation is 1. The molecule has 0 aromatic carbocycles. The summed E-state index contributed by atoms with van der Waals surface area (Å²) in [6.45, 7) is 1.61. The van der Waals surface area contributed by atoms with E-state index >= 15 is 0 Å². The molecule has 0 saturated heterocycles. The Labute approximate surface area is 80.3 Å². The van der Waals surface area contributed by atoms with Crippen molar-refractivity contribution in [1.29, 1.82) is 0 Å². The maximum atomic E-state index is 8.70. The van der Waals surface area contributed by atoms with Gasteiger partial charge in [0.15, 0.2) is 0 Å². The van der Waals surface area contributed by atoms with E-state index in [0.717, 1.165) is 0 Å². The van der Waals surface area contributed by atoms with Crippen molar-refractivity contribution in [3.8, 4) is 11.6 Å². The molecule has 14 heavy (non-hydrogen) atoms. The fourth-order valence-electron chi connectivity index (χ4n) is 0.664. The molecule has 2 heterocycles. The molecular weight excluding hydrogens is 184 g/mol. The molecule has 0 fully saturated rings. The van der Waals surface area contributed by atoms with Crippen LogP contribution in [0.2, 0.25) is 0 Å². The van der Waals surface area contributed by atoms with Crippen molar-refractivity contribution in [2.75, 3.05) is 0 Å². The third-order valence-corrected chi connectivity index (χ3v) is 1.37. The highest BCUT2D eigenvalue weighted by Gasteiger charge is 2.03. The van der Waals surface area contributed by atoms with Crippen molar-refractivity contribution >= 4 is 0 Å². The van der Waals surface area contributed by atoms with Crippen LogP contribution in [0.15, 0.2) is 24.8 Å². The minimum absolute atomic E-state index is 0.176. The molecule has 0 bridgehead atoms. The highest BCUT2D eigenvalue weighted by atomic mass is 16.3. The highest BCUT2D eigenvalue weighted by molar-refractivity contribution is 5.33. The van der Waals surface area contributed by atoms with E-state index in [2.05, 4.69) is 20.2 Å². The molecule has 0 radical (unpaired) electrons. The van der Waals surface area contributed by atoms with E-state index in [-0.39, 0.29) is 11.6 Å². The van der Waals surface area contributed by atoms with E-state index in [1.165, 1.54) is 6.33 Å².